The fourth-order valence-electron chi connectivity index (χ4n) is 2.11. The zero-order chi connectivity index (χ0) is 12.2. The molecule has 3 heteroatoms. The van der Waals surface area contributed by atoms with Gasteiger partial charge in [-0.25, -0.2) is 0 Å². The van der Waals surface area contributed by atoms with Crippen LogP contribution in [0.4, 0.5) is 5.69 Å². The molecule has 0 unspecified atom stereocenters. The van der Waals surface area contributed by atoms with Crippen LogP contribution in [0.15, 0.2) is 54.7 Å². The Balaban J connectivity index is 1.68. The highest BCUT2D eigenvalue weighted by atomic mass is 15.1. The van der Waals surface area contributed by atoms with Crippen LogP contribution in [0, 0.1) is 0 Å². The van der Waals surface area contributed by atoms with Crippen molar-refractivity contribution in [2.45, 2.75) is 6.42 Å². The van der Waals surface area contributed by atoms with Crippen molar-refractivity contribution in [2.75, 3.05) is 11.9 Å². The van der Waals surface area contributed by atoms with Crippen molar-refractivity contribution in [1.29, 1.82) is 0 Å². The van der Waals surface area contributed by atoms with Gasteiger partial charge in [0.1, 0.15) is 0 Å². The molecule has 0 aliphatic rings. The molecule has 3 rings (SSSR count). The SMILES string of the molecule is c1ccc(CCNc2cccc3[nH]ncc23)cc1. The molecule has 0 aliphatic heterocycles. The Morgan fingerprint density at radius 2 is 1.89 bits per heavy atom. The number of hydrogen-bond acceptors (Lipinski definition) is 2. The minimum atomic E-state index is 0.925. The Morgan fingerprint density at radius 3 is 2.78 bits per heavy atom. The number of nitrogens with one attached hydrogen (secondary N) is 2. The van der Waals surface area contributed by atoms with Crippen molar-refractivity contribution in [1.82, 2.24) is 10.2 Å². The molecule has 0 bridgehead atoms. The van der Waals surface area contributed by atoms with E-state index in [9.17, 15) is 0 Å². The summed E-state index contributed by atoms with van der Waals surface area (Å²) in [6, 6.07) is 16.7. The average Bonchev–Trinajstić information content (AvgIpc) is 2.89. The van der Waals surface area contributed by atoms with Crippen LogP contribution in [-0.2, 0) is 6.42 Å². The predicted octanol–water partition coefficient (Wildman–Crippen LogP) is 3.22. The summed E-state index contributed by atoms with van der Waals surface area (Å²) in [6.45, 7) is 0.925. The first kappa shape index (κ1) is 10.8. The molecule has 2 aromatic carbocycles. The molecule has 18 heavy (non-hydrogen) atoms. The number of benzene rings is 2. The molecule has 3 nitrogen and oxygen atoms in total. The number of anilines is 1. The van der Waals surface area contributed by atoms with Gasteiger partial charge in [-0.2, -0.15) is 5.10 Å². The molecule has 0 fully saturated rings. The molecule has 0 saturated carbocycles. The van der Waals surface area contributed by atoms with Crippen molar-refractivity contribution < 1.29 is 0 Å². The van der Waals surface area contributed by atoms with Crippen LogP contribution < -0.4 is 5.32 Å². The Kier molecular flexibility index (Phi) is 2.96. The number of hydrogen-bond donors (Lipinski definition) is 2. The van der Waals surface area contributed by atoms with Crippen LogP contribution in [0.5, 0.6) is 0 Å². The van der Waals surface area contributed by atoms with Gasteiger partial charge in [-0.05, 0) is 24.1 Å². The van der Waals surface area contributed by atoms with Gasteiger partial charge in [0.15, 0.2) is 0 Å². The molecule has 0 saturated heterocycles. The van der Waals surface area contributed by atoms with E-state index in [2.05, 4.69) is 45.8 Å². The van der Waals surface area contributed by atoms with E-state index in [0.717, 1.165) is 29.6 Å². The zero-order valence-corrected chi connectivity index (χ0v) is 10.1. The lowest BCUT2D eigenvalue weighted by Crippen LogP contribution is -2.04. The van der Waals surface area contributed by atoms with Crippen LogP contribution in [0.3, 0.4) is 0 Å². The number of rotatable bonds is 4. The molecule has 0 aliphatic carbocycles. The smallest absolute Gasteiger partial charge is 0.0671 e. The summed E-state index contributed by atoms with van der Waals surface area (Å²) in [7, 11) is 0. The lowest BCUT2D eigenvalue weighted by molar-refractivity contribution is 1.02. The van der Waals surface area contributed by atoms with E-state index in [1.165, 1.54) is 5.56 Å². The van der Waals surface area contributed by atoms with E-state index in [1.807, 2.05) is 24.4 Å². The van der Waals surface area contributed by atoms with E-state index in [4.69, 9.17) is 0 Å². The van der Waals surface area contributed by atoms with Gasteiger partial charge in [-0.1, -0.05) is 36.4 Å². The number of fused-ring (bicyclic) bond motifs is 1. The highest BCUT2D eigenvalue weighted by Crippen LogP contribution is 2.20. The molecule has 0 spiro atoms. The summed E-state index contributed by atoms with van der Waals surface area (Å²) in [5.41, 5.74) is 3.56. The Labute approximate surface area is 106 Å². The quantitative estimate of drug-likeness (QED) is 0.731. The molecule has 0 amide bonds. The van der Waals surface area contributed by atoms with E-state index in [0.29, 0.717) is 0 Å². The molecular weight excluding hydrogens is 222 g/mol. The van der Waals surface area contributed by atoms with Gasteiger partial charge >= 0.3 is 0 Å². The standard InChI is InChI=1S/C15H15N3/c1-2-5-12(6-3-1)9-10-16-14-7-4-8-15-13(14)11-17-18-15/h1-8,11,16H,9-10H2,(H,17,18). The first-order chi connectivity index (χ1) is 8.93. The number of aromatic amines is 1. The Hall–Kier alpha value is -2.29. The Bertz CT molecular complexity index is 628. The number of H-pyrrole nitrogens is 1. The second kappa shape index (κ2) is 4.92. The van der Waals surface area contributed by atoms with Crippen molar-refractivity contribution in [3.8, 4) is 0 Å². The van der Waals surface area contributed by atoms with Gasteiger partial charge < -0.3 is 5.32 Å². The van der Waals surface area contributed by atoms with Gasteiger partial charge in [0.25, 0.3) is 0 Å². The third-order valence-electron chi connectivity index (χ3n) is 3.06. The fraction of sp³-hybridized carbons (Fsp3) is 0.133. The van der Waals surface area contributed by atoms with Crippen LogP contribution in [0.2, 0.25) is 0 Å². The summed E-state index contributed by atoms with van der Waals surface area (Å²) < 4.78 is 0. The first-order valence-electron chi connectivity index (χ1n) is 6.13. The topological polar surface area (TPSA) is 40.7 Å². The Morgan fingerprint density at radius 1 is 1.00 bits per heavy atom. The first-order valence-corrected chi connectivity index (χ1v) is 6.13. The van der Waals surface area contributed by atoms with Crippen molar-refractivity contribution >= 4 is 16.6 Å². The zero-order valence-electron chi connectivity index (χ0n) is 10.1. The number of nitrogens with zero attached hydrogens (tertiary/aromatic N) is 1. The molecule has 2 N–H and O–H groups in total. The monoisotopic (exact) mass is 237 g/mol. The van der Waals surface area contributed by atoms with E-state index in [1.54, 1.807) is 0 Å². The molecule has 3 aromatic rings. The molecule has 0 atom stereocenters. The van der Waals surface area contributed by atoms with Gasteiger partial charge in [-0.15, -0.1) is 0 Å². The molecule has 0 radical (unpaired) electrons. The maximum absolute atomic E-state index is 4.06. The minimum absolute atomic E-state index is 0.925. The summed E-state index contributed by atoms with van der Waals surface area (Å²) in [5.74, 6) is 0. The normalized spacial score (nSPS) is 10.7. The number of aromatic nitrogens is 2. The summed E-state index contributed by atoms with van der Waals surface area (Å²) >= 11 is 0. The third-order valence-corrected chi connectivity index (χ3v) is 3.06. The highest BCUT2D eigenvalue weighted by molar-refractivity contribution is 5.90. The van der Waals surface area contributed by atoms with Crippen LogP contribution in [0.1, 0.15) is 5.56 Å². The third kappa shape index (κ3) is 2.20. The minimum Gasteiger partial charge on any atom is -0.384 e. The van der Waals surface area contributed by atoms with Gasteiger partial charge in [0.05, 0.1) is 11.7 Å². The largest absolute Gasteiger partial charge is 0.384 e. The van der Waals surface area contributed by atoms with E-state index >= 15 is 0 Å². The van der Waals surface area contributed by atoms with Crippen molar-refractivity contribution in [3.05, 3.63) is 60.3 Å². The maximum Gasteiger partial charge on any atom is 0.0671 e. The molecule has 90 valence electrons. The second-order valence-electron chi connectivity index (χ2n) is 4.30. The van der Waals surface area contributed by atoms with Crippen LogP contribution in [-0.4, -0.2) is 16.7 Å². The van der Waals surface area contributed by atoms with Gasteiger partial charge in [0, 0.05) is 17.6 Å². The summed E-state index contributed by atoms with van der Waals surface area (Å²) in [6.07, 6.45) is 2.88. The molecule has 1 heterocycles. The van der Waals surface area contributed by atoms with Gasteiger partial charge in [-0.3, -0.25) is 5.10 Å². The van der Waals surface area contributed by atoms with Crippen molar-refractivity contribution in [3.63, 3.8) is 0 Å². The average molecular weight is 237 g/mol. The van der Waals surface area contributed by atoms with E-state index < -0.39 is 0 Å². The summed E-state index contributed by atoms with van der Waals surface area (Å²) in [4.78, 5) is 0. The van der Waals surface area contributed by atoms with Gasteiger partial charge in [0.2, 0.25) is 0 Å². The maximum atomic E-state index is 4.06. The highest BCUT2D eigenvalue weighted by Gasteiger charge is 2.01. The van der Waals surface area contributed by atoms with Crippen LogP contribution in [0.25, 0.3) is 10.9 Å². The predicted molar refractivity (Wildman–Crippen MR) is 74.7 cm³/mol. The summed E-state index contributed by atoms with van der Waals surface area (Å²) in [5, 5.41) is 11.6. The lowest BCUT2D eigenvalue weighted by Gasteiger charge is -2.07. The van der Waals surface area contributed by atoms with E-state index in [-0.39, 0.29) is 0 Å². The van der Waals surface area contributed by atoms with Crippen LogP contribution >= 0.6 is 0 Å². The second-order valence-corrected chi connectivity index (χ2v) is 4.30. The lowest BCUT2D eigenvalue weighted by atomic mass is 10.1. The van der Waals surface area contributed by atoms with Crippen molar-refractivity contribution in [2.24, 2.45) is 0 Å². The molecular formula is C15H15N3. The molecule has 1 aromatic heterocycles. The fourth-order valence-corrected chi connectivity index (χ4v) is 2.11.